The number of likely N-dealkylation sites (tertiary alicyclic amines) is 1. The molecule has 2 aromatic carbocycles. The number of aliphatic hydroxyl groups is 2. The van der Waals surface area contributed by atoms with E-state index in [2.05, 4.69) is 116 Å². The second-order valence-electron chi connectivity index (χ2n) is 34.9. The summed E-state index contributed by atoms with van der Waals surface area (Å²) in [6, 6.07) is -15.5. The number of rotatable bonds is 62. The molecule has 3 rings (SSSR count). The van der Waals surface area contributed by atoms with E-state index in [9.17, 15) is 112 Å². The van der Waals surface area contributed by atoms with Gasteiger partial charge in [0.15, 0.2) is 11.9 Å². The molecule has 2 aromatic rings. The number of carboxylic acid groups (broad SMARTS) is 1. The topological polar surface area (TPSA) is 872 Å². The first kappa shape index (κ1) is 120. The smallest absolute Gasteiger partial charge is 0.326 e. The summed E-state index contributed by atoms with van der Waals surface area (Å²) in [5, 5.41) is 109. The Morgan fingerprint density at radius 1 is 0.453 bits per heavy atom. The zero-order valence-corrected chi connectivity index (χ0v) is 81.3. The van der Waals surface area contributed by atoms with Gasteiger partial charge in [0.1, 0.15) is 102 Å². The Hall–Kier alpha value is -12.7. The van der Waals surface area contributed by atoms with Gasteiger partial charge in [0, 0.05) is 55.9 Å². The number of hydrogen-bond acceptors (Lipinski definition) is 30. The highest BCUT2D eigenvalue weighted by Gasteiger charge is 2.46. The molecule has 1 aliphatic heterocycles. The van der Waals surface area contributed by atoms with Crippen LogP contribution < -0.4 is 136 Å². The van der Waals surface area contributed by atoms with E-state index in [1.165, 1.54) is 67.3 Å². The molecule has 1 aliphatic rings. The number of amides is 18. The lowest BCUT2D eigenvalue weighted by Crippen LogP contribution is -2.64. The zero-order valence-electron chi connectivity index (χ0n) is 79.6. The van der Waals surface area contributed by atoms with Crippen LogP contribution >= 0.6 is 25.3 Å². The summed E-state index contributed by atoms with van der Waals surface area (Å²) in [6.45, 7) is 12.6. The number of nitrogens with two attached hydrogens (primary N) is 8. The summed E-state index contributed by atoms with van der Waals surface area (Å²) >= 11 is 8.88. The van der Waals surface area contributed by atoms with E-state index in [-0.39, 0.29) is 134 Å². The van der Waals surface area contributed by atoms with Gasteiger partial charge in [-0.1, -0.05) is 78.6 Å². The maximum Gasteiger partial charge on any atom is 0.326 e. The summed E-state index contributed by atoms with van der Waals surface area (Å²) in [5.74, 6) is -21.5. The molecule has 0 unspecified atom stereocenters. The molecule has 53 heteroatoms. The van der Waals surface area contributed by atoms with Crippen LogP contribution in [-0.2, 0) is 94.3 Å². The van der Waals surface area contributed by atoms with E-state index in [0.29, 0.717) is 17.5 Å². The van der Waals surface area contributed by atoms with E-state index in [1.807, 2.05) is 0 Å². The summed E-state index contributed by atoms with van der Waals surface area (Å²) in [4.78, 5) is 254. The number of guanidine groups is 2. The number of aromatic hydroxyl groups is 2. The van der Waals surface area contributed by atoms with Crippen LogP contribution in [0.2, 0.25) is 0 Å². The predicted molar refractivity (Wildman–Crippen MR) is 515 cm³/mol. The van der Waals surface area contributed by atoms with Crippen molar-refractivity contribution in [1.82, 2.24) is 95.3 Å². The molecule has 0 bridgehead atoms. The van der Waals surface area contributed by atoms with Crippen molar-refractivity contribution in [1.29, 1.82) is 10.8 Å². The van der Waals surface area contributed by atoms with Gasteiger partial charge in [-0.15, -0.1) is 0 Å². The number of phenolic OH excluding ortho intramolecular Hbond substituents is 2. The minimum Gasteiger partial charge on any atom is -0.508 e. The average Bonchev–Trinajstić information content (AvgIpc) is 1.23. The first-order valence-electron chi connectivity index (χ1n) is 45.6. The number of aliphatic carboxylic acids is 1. The van der Waals surface area contributed by atoms with Crippen molar-refractivity contribution < 1.29 is 112 Å². The first-order valence-corrected chi connectivity index (χ1v) is 46.7. The number of aliphatic hydroxyl groups excluding tert-OH is 2. The molecule has 1 saturated heterocycles. The molecule has 0 saturated carbocycles. The Morgan fingerprint density at radius 3 is 1.16 bits per heavy atom. The monoisotopic (exact) mass is 2000 g/mol. The van der Waals surface area contributed by atoms with Crippen LogP contribution in [0.5, 0.6) is 11.5 Å². The molecule has 1 fully saturated rings. The van der Waals surface area contributed by atoms with Crippen molar-refractivity contribution >= 4 is 144 Å². The molecule has 0 aliphatic carbocycles. The number of thiol groups is 2. The number of carbonyl (C=O) groups excluding carboxylic acids is 17. The number of carboxylic acids is 1. The molecule has 139 heavy (non-hydrogen) atoms. The maximum atomic E-state index is 15.0. The van der Waals surface area contributed by atoms with Crippen molar-refractivity contribution in [3.63, 3.8) is 0 Å². The number of benzene rings is 2. The molecular formula is C86H144N28O23S2. The van der Waals surface area contributed by atoms with Crippen LogP contribution in [-0.4, -0.2) is 314 Å². The van der Waals surface area contributed by atoms with E-state index < -0.39 is 269 Å². The molecule has 40 N–H and O–H groups in total. The molecular weight excluding hydrogens is 1860 g/mol. The Balaban J connectivity index is 1.96. The SMILES string of the molecule is CC[C@H](C)[C@H](NC(=O)[C@@H](NC(=O)[C@@H]1C[C@@H](O)CN1C(=O)[C@@H](N)C(C)C)[C@@H](C)CC)C(=O)N[C@@H](Cc1ccc(O)cc1)C(=O)N[C@H](C(=O)N[C@@H](CC(N)=O)C(=O)N[C@@H](CCCNC(=N)N)C(=O)N[C@@H](CCN)C(=O)N[C@H](C(=O)N[C@H](CCN)C(=O)N[C@@H](CCCNC(N)=O)C(=O)N[C@@H](CS)C(=O)N[C@@H](CCN)C(=O)N[C@@H](CCCNC(=N)N)C(=O)N[C@@H](Cc1ccc(O)cc1)C(=O)O)[C@@H](C)O)C(C)(C)S. The molecule has 0 radical (unpaired) electrons. The molecule has 51 nitrogen and oxygen atoms in total. The second kappa shape index (κ2) is 60.2. The van der Waals surface area contributed by atoms with E-state index >= 15 is 0 Å². The van der Waals surface area contributed by atoms with Gasteiger partial charge in [-0.3, -0.25) is 87.5 Å². The van der Waals surface area contributed by atoms with Gasteiger partial charge < -0.3 is 167 Å². The molecule has 20 atom stereocenters. The molecule has 1 heterocycles. The van der Waals surface area contributed by atoms with Gasteiger partial charge in [-0.2, -0.15) is 25.3 Å². The van der Waals surface area contributed by atoms with E-state index in [1.54, 1.807) is 41.5 Å². The number of β-amino-alcohol motifs (C(OH)–C–C–N with tert-alkyl or cyclic N) is 1. The molecule has 0 aromatic heterocycles. The third kappa shape index (κ3) is 41.9. The van der Waals surface area contributed by atoms with E-state index in [4.69, 9.17) is 56.7 Å². The second-order valence-corrected chi connectivity index (χ2v) is 36.4. The lowest BCUT2D eigenvalue weighted by atomic mass is 9.94. The van der Waals surface area contributed by atoms with Crippen LogP contribution in [0.1, 0.15) is 157 Å². The number of carbonyl (C=O) groups is 18. The van der Waals surface area contributed by atoms with Crippen LogP contribution in [0.25, 0.3) is 0 Å². The van der Waals surface area contributed by atoms with Crippen molar-refractivity contribution in [3.05, 3.63) is 59.7 Å². The highest BCUT2D eigenvalue weighted by molar-refractivity contribution is 7.81. The van der Waals surface area contributed by atoms with Gasteiger partial charge in [0.05, 0.1) is 24.7 Å². The molecule has 0 spiro atoms. The number of urea groups is 1. The number of phenols is 2. The Morgan fingerprint density at radius 2 is 0.784 bits per heavy atom. The van der Waals surface area contributed by atoms with Crippen LogP contribution in [0.15, 0.2) is 48.5 Å². The van der Waals surface area contributed by atoms with Gasteiger partial charge >= 0.3 is 12.0 Å². The number of hydrogen-bond donors (Lipinski definition) is 34. The third-order valence-electron chi connectivity index (χ3n) is 22.7. The Kier molecular flexibility index (Phi) is 52.2. The summed E-state index contributed by atoms with van der Waals surface area (Å²) in [7, 11) is 0. The van der Waals surface area contributed by atoms with Gasteiger partial charge in [-0.05, 0) is 151 Å². The van der Waals surface area contributed by atoms with Crippen LogP contribution in [0, 0.1) is 28.6 Å². The first-order chi connectivity index (χ1) is 65.3. The van der Waals surface area contributed by atoms with Gasteiger partial charge in [0.2, 0.25) is 94.5 Å². The largest absolute Gasteiger partial charge is 0.508 e. The minimum atomic E-state index is -2.01. The van der Waals surface area contributed by atoms with E-state index in [0.717, 1.165) is 6.92 Å². The van der Waals surface area contributed by atoms with Crippen molar-refractivity contribution in [2.75, 3.05) is 51.6 Å². The Labute approximate surface area is 816 Å². The Bertz CT molecular complexity index is 4500. The normalized spacial score (nSPS) is 16.8. The molecule has 18 amide bonds. The fourth-order valence-corrected chi connectivity index (χ4v) is 14.7. The average molecular weight is 2000 g/mol. The highest BCUT2D eigenvalue weighted by atomic mass is 32.1. The maximum absolute atomic E-state index is 15.0. The van der Waals surface area contributed by atoms with Crippen LogP contribution in [0.4, 0.5) is 4.79 Å². The number of nitrogens with one attached hydrogen (secondary N) is 19. The zero-order chi connectivity index (χ0) is 105. The lowest BCUT2D eigenvalue weighted by molar-refractivity contribution is -0.142. The third-order valence-corrected chi connectivity index (χ3v) is 23.4. The minimum absolute atomic E-state index is 0.0245. The summed E-state index contributed by atoms with van der Waals surface area (Å²) in [5.41, 5.74) is 46.6. The van der Waals surface area contributed by atoms with Crippen molar-refractivity contribution in [2.24, 2.45) is 63.6 Å². The fraction of sp³-hybridized carbons (Fsp3) is 0.628. The fourth-order valence-electron chi connectivity index (χ4n) is 14.3. The van der Waals surface area contributed by atoms with Gasteiger partial charge in [0.25, 0.3) is 0 Å². The standard InChI is InChI=1S/C86H144N28O23S2/c1-10-42(5)63(111-78(131)64(43(6)11-2)110-76(129)60-37-49(118)39-114(60)81(134)62(91)41(3)4)77(130)106-56(35-45-18-22-47(116)23-19-45)74(127)113-66(86(8,9)139)80(133)107-57(38-61(90)119)73(126)102-50(15-12-32-97-83(92)93)67(120)103-55(28-31-89)72(125)112-65(44(7)115)79(132)105-54(27-30-88)71(124)101-52(17-14-34-99-85(96)137)69(122)109-59(40-138)75(128)104-53(26-29-87)70(123)100-51(16-13-33-98-84(94)95)68(121)108-58(82(135)136)36-46-20-24-48(117)25-21-46/h18-25,41-44,49-60,62-66,115-118,138-139H,10-17,26-40,87-89,91H2,1-9H3,(H2,90,119)(H,100,123)(H,101,124)(H,102,126)(H,103,120)(H,104,128)(H,105,132)(H,106,130)(H,107,133)(H,108,121)(H,109,122)(H,110,129)(H,111,131)(H,112,125)(H,113,127)(H,135,136)(H4,92,93,97)(H4,94,95,98)(H3,96,99,137)/t42-,43-,44+,49+,50-,51-,52-,53-,54+,55-,56-,57-,58-,59-,60-,62-,63-,64-,65-,66+/m0/s1. The van der Waals surface area contributed by atoms with Crippen molar-refractivity contribution in [3.8, 4) is 11.5 Å². The quantitative estimate of drug-likeness (QED) is 0.0127. The summed E-state index contributed by atoms with van der Waals surface area (Å²) in [6.07, 6.45) is -6.22. The number of nitrogens with zero attached hydrogens (tertiary/aromatic N) is 1. The van der Waals surface area contributed by atoms with Crippen LogP contribution in [0.3, 0.4) is 0 Å². The summed E-state index contributed by atoms with van der Waals surface area (Å²) < 4.78 is -1.62. The number of primary amides is 2. The predicted octanol–water partition coefficient (Wildman–Crippen LogP) is -9.29. The lowest BCUT2D eigenvalue weighted by Gasteiger charge is -2.33. The highest BCUT2D eigenvalue weighted by Crippen LogP contribution is 2.25. The van der Waals surface area contributed by atoms with Crippen molar-refractivity contribution in [2.45, 2.75) is 272 Å². The van der Waals surface area contributed by atoms with Gasteiger partial charge in [-0.25, -0.2) is 9.59 Å². The molecule has 778 valence electrons.